The maximum Gasteiger partial charge on any atom is 0.243 e. The summed E-state index contributed by atoms with van der Waals surface area (Å²) in [7, 11) is -2.51. The van der Waals surface area contributed by atoms with E-state index in [1.54, 1.807) is 24.3 Å². The molecular formula is C20H20ClN3O4S. The van der Waals surface area contributed by atoms with Crippen molar-refractivity contribution in [3.8, 4) is 12.3 Å². The Morgan fingerprint density at radius 3 is 2.48 bits per heavy atom. The first-order chi connectivity index (χ1) is 13.6. The molecule has 0 aliphatic carbocycles. The Morgan fingerprint density at radius 2 is 1.86 bits per heavy atom. The van der Waals surface area contributed by atoms with Crippen LogP contribution in [0.5, 0.6) is 0 Å². The number of carbonyl (C=O) groups excluding carboxylic acids is 2. The van der Waals surface area contributed by atoms with Crippen molar-refractivity contribution in [1.82, 2.24) is 9.62 Å². The highest BCUT2D eigenvalue weighted by Crippen LogP contribution is 2.14. The van der Waals surface area contributed by atoms with Gasteiger partial charge in [0, 0.05) is 23.3 Å². The Hall–Kier alpha value is -2.86. The molecule has 0 unspecified atom stereocenters. The molecule has 0 aliphatic rings. The first-order valence-electron chi connectivity index (χ1n) is 8.52. The number of terminal acetylenes is 1. The zero-order valence-corrected chi connectivity index (χ0v) is 17.4. The number of carbonyl (C=O) groups is 2. The molecule has 0 aromatic heterocycles. The van der Waals surface area contributed by atoms with Crippen molar-refractivity contribution in [2.24, 2.45) is 0 Å². The van der Waals surface area contributed by atoms with E-state index >= 15 is 0 Å². The van der Waals surface area contributed by atoms with Crippen LogP contribution in [0.15, 0.2) is 53.4 Å². The van der Waals surface area contributed by atoms with Crippen LogP contribution in [0.25, 0.3) is 0 Å². The smallest absolute Gasteiger partial charge is 0.243 e. The number of hydrogen-bond acceptors (Lipinski definition) is 4. The summed E-state index contributed by atoms with van der Waals surface area (Å²) in [4.78, 5) is 25.8. The van der Waals surface area contributed by atoms with Gasteiger partial charge in [-0.2, -0.15) is 4.72 Å². The summed E-state index contributed by atoms with van der Waals surface area (Å²) in [6.45, 7) is 1.15. The number of rotatable bonds is 7. The quantitative estimate of drug-likeness (QED) is 0.653. The van der Waals surface area contributed by atoms with Gasteiger partial charge < -0.3 is 10.2 Å². The van der Waals surface area contributed by atoms with Gasteiger partial charge in [-0.15, -0.1) is 6.42 Å². The van der Waals surface area contributed by atoms with E-state index < -0.39 is 27.9 Å². The van der Waals surface area contributed by atoms with E-state index in [9.17, 15) is 18.0 Å². The molecule has 2 rings (SSSR count). The molecule has 2 N–H and O–H groups in total. The Kier molecular flexibility index (Phi) is 7.40. The lowest BCUT2D eigenvalue weighted by molar-refractivity contribution is -0.134. The van der Waals surface area contributed by atoms with Crippen LogP contribution in [-0.4, -0.2) is 44.8 Å². The van der Waals surface area contributed by atoms with Crippen LogP contribution in [0.4, 0.5) is 5.69 Å². The monoisotopic (exact) mass is 433 g/mol. The van der Waals surface area contributed by atoms with E-state index in [1.165, 1.54) is 38.2 Å². The molecule has 0 radical (unpaired) electrons. The molecule has 152 valence electrons. The average Bonchev–Trinajstić information content (AvgIpc) is 2.67. The van der Waals surface area contributed by atoms with Gasteiger partial charge in [0.1, 0.15) is 0 Å². The van der Waals surface area contributed by atoms with Crippen LogP contribution in [0.1, 0.15) is 12.5 Å². The van der Waals surface area contributed by atoms with Crippen molar-refractivity contribution >= 4 is 39.1 Å². The van der Waals surface area contributed by atoms with Crippen molar-refractivity contribution in [2.45, 2.75) is 17.9 Å². The van der Waals surface area contributed by atoms with E-state index in [0.717, 1.165) is 4.90 Å². The zero-order valence-electron chi connectivity index (χ0n) is 15.8. The Bertz CT molecular complexity index is 1050. The second kappa shape index (κ2) is 9.56. The fraction of sp³-hybridized carbons (Fsp3) is 0.200. The lowest BCUT2D eigenvalue weighted by atomic mass is 10.2. The van der Waals surface area contributed by atoms with Gasteiger partial charge in [0.25, 0.3) is 0 Å². The summed E-state index contributed by atoms with van der Waals surface area (Å²) < 4.78 is 27.1. The first kappa shape index (κ1) is 22.4. The van der Waals surface area contributed by atoms with Crippen LogP contribution in [-0.2, 0) is 19.6 Å². The molecule has 0 spiro atoms. The summed E-state index contributed by atoms with van der Waals surface area (Å²) in [5, 5.41) is 3.04. The predicted molar refractivity (Wildman–Crippen MR) is 112 cm³/mol. The number of sulfonamides is 1. The molecule has 2 aromatic carbocycles. The number of amides is 2. The number of nitrogens with zero attached hydrogens (tertiary/aromatic N) is 1. The third kappa shape index (κ3) is 6.32. The molecule has 9 heteroatoms. The van der Waals surface area contributed by atoms with Crippen molar-refractivity contribution in [2.75, 3.05) is 18.9 Å². The number of benzene rings is 2. The molecule has 2 aromatic rings. The minimum atomic E-state index is -3.92. The fourth-order valence-electron chi connectivity index (χ4n) is 2.48. The molecule has 0 saturated heterocycles. The molecule has 0 aliphatic heterocycles. The largest absolute Gasteiger partial charge is 0.335 e. The van der Waals surface area contributed by atoms with Gasteiger partial charge in [-0.05, 0) is 49.4 Å². The SMILES string of the molecule is C#Cc1cccc(NC(=O)CN(C)C(=O)[C@H](C)NS(=O)(=O)c2ccc(Cl)cc2)c1. The van der Waals surface area contributed by atoms with Crippen molar-refractivity contribution in [3.63, 3.8) is 0 Å². The molecule has 7 nitrogen and oxygen atoms in total. The highest BCUT2D eigenvalue weighted by molar-refractivity contribution is 7.89. The van der Waals surface area contributed by atoms with Crippen LogP contribution in [0, 0.1) is 12.3 Å². The molecule has 0 bridgehead atoms. The first-order valence-corrected chi connectivity index (χ1v) is 10.4. The van der Waals surface area contributed by atoms with Crippen molar-refractivity contribution in [3.05, 3.63) is 59.1 Å². The van der Waals surface area contributed by atoms with Gasteiger partial charge in [0.2, 0.25) is 21.8 Å². The lowest BCUT2D eigenvalue weighted by Gasteiger charge is -2.21. The Balaban J connectivity index is 1.96. The molecule has 1 atom stereocenters. The molecule has 0 fully saturated rings. The van der Waals surface area contributed by atoms with Gasteiger partial charge in [0.15, 0.2) is 0 Å². The van der Waals surface area contributed by atoms with Crippen LogP contribution in [0.3, 0.4) is 0 Å². The topological polar surface area (TPSA) is 95.6 Å². The summed E-state index contributed by atoms with van der Waals surface area (Å²) in [6, 6.07) is 11.2. The van der Waals surface area contributed by atoms with Gasteiger partial charge in [0.05, 0.1) is 17.5 Å². The second-order valence-electron chi connectivity index (χ2n) is 6.26. The minimum Gasteiger partial charge on any atom is -0.335 e. The molecule has 29 heavy (non-hydrogen) atoms. The molecule has 0 heterocycles. The normalized spacial score (nSPS) is 11.9. The minimum absolute atomic E-state index is 0.0182. The van der Waals surface area contributed by atoms with Crippen molar-refractivity contribution < 1.29 is 18.0 Å². The number of nitrogens with one attached hydrogen (secondary N) is 2. The van der Waals surface area contributed by atoms with E-state index in [-0.39, 0.29) is 11.4 Å². The molecule has 0 saturated carbocycles. The summed E-state index contributed by atoms with van der Waals surface area (Å²) in [6.07, 6.45) is 5.32. The highest BCUT2D eigenvalue weighted by atomic mass is 35.5. The number of hydrogen-bond donors (Lipinski definition) is 2. The maximum atomic E-state index is 12.5. The highest BCUT2D eigenvalue weighted by Gasteiger charge is 2.25. The Labute approximate surface area is 175 Å². The molecular weight excluding hydrogens is 414 g/mol. The predicted octanol–water partition coefficient (Wildman–Crippen LogP) is 2.09. The van der Waals surface area contributed by atoms with E-state index in [4.69, 9.17) is 18.0 Å². The lowest BCUT2D eigenvalue weighted by Crippen LogP contribution is -2.47. The van der Waals surface area contributed by atoms with Gasteiger partial charge in [-0.25, -0.2) is 8.42 Å². The average molecular weight is 434 g/mol. The maximum absolute atomic E-state index is 12.5. The Morgan fingerprint density at radius 1 is 1.21 bits per heavy atom. The summed E-state index contributed by atoms with van der Waals surface area (Å²) in [5.41, 5.74) is 1.11. The van der Waals surface area contributed by atoms with E-state index in [1.807, 2.05) is 0 Å². The van der Waals surface area contributed by atoms with Gasteiger partial charge in [-0.1, -0.05) is 23.6 Å². The fourth-order valence-corrected chi connectivity index (χ4v) is 3.80. The zero-order chi connectivity index (χ0) is 21.6. The third-order valence-electron chi connectivity index (χ3n) is 3.90. The van der Waals surface area contributed by atoms with Crippen LogP contribution >= 0.6 is 11.6 Å². The van der Waals surface area contributed by atoms with Crippen molar-refractivity contribution in [1.29, 1.82) is 0 Å². The van der Waals surface area contributed by atoms with Crippen LogP contribution in [0.2, 0.25) is 5.02 Å². The summed E-state index contributed by atoms with van der Waals surface area (Å²) >= 11 is 5.76. The standard InChI is InChI=1S/C20H20ClN3O4S/c1-4-15-6-5-7-17(12-15)22-19(25)13-24(3)20(26)14(2)23-29(27,28)18-10-8-16(21)9-11-18/h1,5-12,14,23H,13H2,2-3H3,(H,22,25)/t14-/m0/s1. The number of anilines is 1. The van der Waals surface area contributed by atoms with E-state index in [2.05, 4.69) is 16.0 Å². The number of halogens is 1. The molecule has 2 amide bonds. The van der Waals surface area contributed by atoms with Gasteiger partial charge in [-0.3, -0.25) is 9.59 Å². The second-order valence-corrected chi connectivity index (χ2v) is 8.41. The van der Waals surface area contributed by atoms with Gasteiger partial charge >= 0.3 is 0 Å². The summed E-state index contributed by atoms with van der Waals surface area (Å²) in [5.74, 6) is 1.46. The number of likely N-dealkylation sites (N-methyl/N-ethyl adjacent to an activating group) is 1. The van der Waals surface area contributed by atoms with E-state index in [0.29, 0.717) is 16.3 Å². The third-order valence-corrected chi connectivity index (χ3v) is 5.70. The van der Waals surface area contributed by atoms with Crippen LogP contribution < -0.4 is 10.0 Å².